The lowest BCUT2D eigenvalue weighted by Gasteiger charge is -2.42. The van der Waals surface area contributed by atoms with Crippen molar-refractivity contribution in [1.82, 2.24) is 0 Å². The van der Waals surface area contributed by atoms with Crippen LogP contribution >= 0.6 is 0 Å². The van der Waals surface area contributed by atoms with Gasteiger partial charge in [0.1, 0.15) is 5.75 Å². The smallest absolute Gasteiger partial charge is 0.449 e. The topological polar surface area (TPSA) is 65.0 Å². The van der Waals surface area contributed by atoms with Gasteiger partial charge in [0.2, 0.25) is 0 Å². The van der Waals surface area contributed by atoms with Crippen LogP contribution in [0, 0.1) is 19.3 Å². The molecule has 5 rings (SSSR count). The van der Waals surface area contributed by atoms with Gasteiger partial charge in [-0.15, -0.1) is 0 Å². The van der Waals surface area contributed by atoms with Gasteiger partial charge < -0.3 is 25.0 Å². The Bertz CT molecular complexity index is 1280. The molecule has 0 radical (unpaired) electrons. The van der Waals surface area contributed by atoms with Crippen molar-refractivity contribution in [2.75, 3.05) is 41.3 Å². The first-order valence-corrected chi connectivity index (χ1v) is 12.7. The summed E-state index contributed by atoms with van der Waals surface area (Å²) in [6, 6.07) is 21.3. The molecule has 1 fully saturated rings. The van der Waals surface area contributed by atoms with Crippen LogP contribution in [0.4, 0.5) is 21.9 Å². The molecule has 2 heterocycles. The Morgan fingerprint density at radius 2 is 1.72 bits per heavy atom. The third-order valence-corrected chi connectivity index (χ3v) is 7.55. The molecule has 6 heteroatoms. The number of piperazine rings is 1. The van der Waals surface area contributed by atoms with Gasteiger partial charge in [-0.05, 0) is 78.8 Å². The minimum absolute atomic E-state index is 0.0604. The summed E-state index contributed by atoms with van der Waals surface area (Å²) in [5.41, 5.74) is 8.58. The number of ether oxygens (including phenoxy) is 1. The predicted octanol–water partition coefficient (Wildman–Crippen LogP) is 6.42. The van der Waals surface area contributed by atoms with Gasteiger partial charge in [-0.1, -0.05) is 43.7 Å². The van der Waals surface area contributed by atoms with Gasteiger partial charge in [0.05, 0.1) is 6.04 Å². The van der Waals surface area contributed by atoms with E-state index in [9.17, 15) is 4.79 Å². The fourth-order valence-electron chi connectivity index (χ4n) is 5.77. The quantitative estimate of drug-likeness (QED) is 0.328. The van der Waals surface area contributed by atoms with Gasteiger partial charge in [0, 0.05) is 43.2 Å². The largest absolute Gasteiger partial charge is 0.511 e. The highest BCUT2D eigenvalue weighted by atomic mass is 16.7. The Hall–Kier alpha value is -3.67. The van der Waals surface area contributed by atoms with Crippen LogP contribution in [0.3, 0.4) is 0 Å². The number of carboxylic acid groups (broad SMARTS) is 1. The number of nitrogens with zero attached hydrogens (tertiary/aromatic N) is 2. The minimum atomic E-state index is -1.29. The van der Waals surface area contributed by atoms with E-state index in [0.717, 1.165) is 43.9 Å². The zero-order valence-electron chi connectivity index (χ0n) is 21.5. The van der Waals surface area contributed by atoms with Gasteiger partial charge in [0.25, 0.3) is 0 Å². The molecule has 1 saturated heterocycles. The first-order valence-electron chi connectivity index (χ1n) is 12.7. The second kappa shape index (κ2) is 9.41. The van der Waals surface area contributed by atoms with Crippen molar-refractivity contribution in [2.45, 2.75) is 40.2 Å². The van der Waals surface area contributed by atoms with Crippen LogP contribution in [0.1, 0.15) is 42.1 Å². The molecule has 0 amide bonds. The van der Waals surface area contributed by atoms with Gasteiger partial charge in [-0.25, -0.2) is 4.79 Å². The van der Waals surface area contributed by atoms with Crippen LogP contribution in [0.15, 0.2) is 60.7 Å². The number of hydrogen-bond donors (Lipinski definition) is 2. The molecule has 0 bridgehead atoms. The van der Waals surface area contributed by atoms with Crippen molar-refractivity contribution < 1.29 is 14.6 Å². The highest BCUT2D eigenvalue weighted by Crippen LogP contribution is 2.46. The molecule has 0 spiro atoms. The van der Waals surface area contributed by atoms with Crippen molar-refractivity contribution in [2.24, 2.45) is 5.41 Å². The molecule has 2 N–H and O–H groups in total. The molecule has 3 aromatic rings. The second-order valence-corrected chi connectivity index (χ2v) is 10.8. The minimum Gasteiger partial charge on any atom is -0.449 e. The summed E-state index contributed by atoms with van der Waals surface area (Å²) in [4.78, 5) is 15.9. The van der Waals surface area contributed by atoms with Gasteiger partial charge in [-0.3, -0.25) is 0 Å². The Balaban J connectivity index is 1.32. The maximum absolute atomic E-state index is 10.9. The van der Waals surface area contributed by atoms with E-state index in [4.69, 9.17) is 9.84 Å². The van der Waals surface area contributed by atoms with Crippen molar-refractivity contribution >= 4 is 23.2 Å². The van der Waals surface area contributed by atoms with E-state index in [1.54, 1.807) is 6.07 Å². The zero-order valence-corrected chi connectivity index (χ0v) is 21.5. The summed E-state index contributed by atoms with van der Waals surface area (Å²) in [5, 5.41) is 12.7. The van der Waals surface area contributed by atoms with Crippen molar-refractivity contribution in [3.8, 4) is 5.75 Å². The number of anilines is 3. The monoisotopic (exact) mass is 485 g/mol. The van der Waals surface area contributed by atoms with Crippen molar-refractivity contribution in [3.63, 3.8) is 0 Å². The van der Waals surface area contributed by atoms with Gasteiger partial charge in [0.15, 0.2) is 0 Å². The third kappa shape index (κ3) is 4.85. The maximum Gasteiger partial charge on any atom is 0.511 e. The van der Waals surface area contributed by atoms with Crippen LogP contribution < -0.4 is 19.9 Å². The van der Waals surface area contributed by atoms with E-state index in [1.807, 2.05) is 12.1 Å². The molecule has 2 aliphatic heterocycles. The molecular weight excluding hydrogens is 450 g/mol. The molecule has 0 saturated carbocycles. The van der Waals surface area contributed by atoms with Gasteiger partial charge in [-0.2, -0.15) is 0 Å². The number of benzene rings is 3. The molecule has 0 aromatic heterocycles. The van der Waals surface area contributed by atoms with Crippen molar-refractivity contribution in [1.29, 1.82) is 0 Å². The summed E-state index contributed by atoms with van der Waals surface area (Å²) in [6.45, 7) is 12.9. The normalized spacial score (nSPS) is 18.8. The van der Waals surface area contributed by atoms with Crippen LogP contribution in [0.5, 0.6) is 5.75 Å². The molecule has 1 atom stereocenters. The summed E-state index contributed by atoms with van der Waals surface area (Å²) in [7, 11) is 0. The van der Waals surface area contributed by atoms with E-state index >= 15 is 0 Å². The summed E-state index contributed by atoms with van der Waals surface area (Å²) >= 11 is 0. The maximum atomic E-state index is 10.9. The van der Waals surface area contributed by atoms with E-state index in [1.165, 1.54) is 28.1 Å². The standard InChI is InChI=1S/C30H35N3O3/c1-20-8-11-27(21(2)16-20)33-14-12-32(13-15-33)24-7-5-6-22(17-24)28-30(3,4)19-23-18-25(36-29(34)35)9-10-26(23)31-28/h5-11,16-18,28,31H,12-15,19H2,1-4H3,(H,34,35). The Morgan fingerprint density at radius 3 is 2.44 bits per heavy atom. The Kier molecular flexibility index (Phi) is 6.29. The molecular formula is C30H35N3O3. The molecule has 2 aliphatic rings. The number of nitrogens with one attached hydrogen (secondary N) is 1. The summed E-state index contributed by atoms with van der Waals surface area (Å²) in [6.07, 6.45) is -0.460. The van der Waals surface area contributed by atoms with Gasteiger partial charge >= 0.3 is 6.16 Å². The average molecular weight is 486 g/mol. The highest BCUT2D eigenvalue weighted by Gasteiger charge is 2.36. The lowest BCUT2D eigenvalue weighted by molar-refractivity contribution is 0.144. The average Bonchev–Trinajstić information content (AvgIpc) is 2.83. The van der Waals surface area contributed by atoms with E-state index in [-0.39, 0.29) is 11.5 Å². The fraction of sp³-hybridized carbons (Fsp3) is 0.367. The molecule has 6 nitrogen and oxygen atoms in total. The highest BCUT2D eigenvalue weighted by molar-refractivity contribution is 5.65. The first kappa shape index (κ1) is 24.0. The third-order valence-electron chi connectivity index (χ3n) is 7.55. The lowest BCUT2D eigenvalue weighted by atomic mass is 9.73. The number of aryl methyl sites for hydroxylation is 2. The number of hydrogen-bond acceptors (Lipinski definition) is 5. The van der Waals surface area contributed by atoms with E-state index in [0.29, 0.717) is 5.75 Å². The Morgan fingerprint density at radius 1 is 0.972 bits per heavy atom. The van der Waals surface area contributed by atoms with Crippen LogP contribution in [0.2, 0.25) is 0 Å². The van der Waals surface area contributed by atoms with Crippen LogP contribution in [0.25, 0.3) is 0 Å². The molecule has 36 heavy (non-hydrogen) atoms. The van der Waals surface area contributed by atoms with E-state index in [2.05, 4.69) is 85.3 Å². The molecule has 1 unspecified atom stereocenters. The number of carbonyl (C=O) groups is 1. The van der Waals surface area contributed by atoms with Crippen molar-refractivity contribution in [3.05, 3.63) is 82.9 Å². The first-order chi connectivity index (χ1) is 17.2. The summed E-state index contributed by atoms with van der Waals surface area (Å²) < 4.78 is 4.87. The molecule has 188 valence electrons. The van der Waals surface area contributed by atoms with Crippen LogP contribution in [-0.2, 0) is 6.42 Å². The zero-order chi connectivity index (χ0) is 25.4. The molecule has 0 aliphatic carbocycles. The Labute approximate surface area is 213 Å². The van der Waals surface area contributed by atoms with Crippen LogP contribution in [-0.4, -0.2) is 37.4 Å². The lowest BCUT2D eigenvalue weighted by Crippen LogP contribution is -2.46. The second-order valence-electron chi connectivity index (χ2n) is 10.8. The predicted molar refractivity (Wildman–Crippen MR) is 146 cm³/mol. The fourth-order valence-corrected chi connectivity index (χ4v) is 5.77. The molecule has 3 aromatic carbocycles. The number of rotatable bonds is 4. The summed E-state index contributed by atoms with van der Waals surface area (Å²) in [5.74, 6) is 0.360. The number of fused-ring (bicyclic) bond motifs is 1. The SMILES string of the molecule is Cc1ccc(N2CCN(c3cccc(C4Nc5ccc(OC(=O)O)cc5CC4(C)C)c3)CC2)c(C)c1. The van der Waals surface area contributed by atoms with E-state index < -0.39 is 6.16 Å².